The lowest BCUT2D eigenvalue weighted by atomic mass is 10.2. The van der Waals surface area contributed by atoms with E-state index in [0.29, 0.717) is 0 Å². The van der Waals surface area contributed by atoms with Crippen LogP contribution in [0.1, 0.15) is 16.1 Å². The van der Waals surface area contributed by atoms with E-state index in [1.54, 1.807) is 0 Å². The molecule has 0 saturated heterocycles. The minimum absolute atomic E-state index is 0.0744. The number of nitro benzene ring substituents is 2. The van der Waals surface area contributed by atoms with Crippen molar-refractivity contribution in [3.05, 3.63) is 54.6 Å². The van der Waals surface area contributed by atoms with Crippen LogP contribution in [0.5, 0.6) is 0 Å². The summed E-state index contributed by atoms with van der Waals surface area (Å²) in [4.78, 5) is 21.2. The highest BCUT2D eigenvalue weighted by atomic mass is 32.1. The molecule has 1 aromatic heterocycles. The minimum Gasteiger partial charge on any atom is -0.272 e. The minimum atomic E-state index is -0.701. The molecule has 10 heteroatoms. The van der Waals surface area contributed by atoms with Crippen LogP contribution < -0.4 is 5.43 Å². The largest absolute Gasteiger partial charge is 0.301 e. The third-order valence-electron chi connectivity index (χ3n) is 2.86. The summed E-state index contributed by atoms with van der Waals surface area (Å²) in [7, 11) is 0. The highest BCUT2D eigenvalue weighted by Crippen LogP contribution is 2.28. The SMILES string of the molecule is Cc1nsc(C)c1/C=N/Nc1ccc([N+](=O)[O-])cc1[N+](=O)[O-]. The second-order valence-corrected chi connectivity index (χ2v) is 5.30. The third kappa shape index (κ3) is 3.23. The Labute approximate surface area is 128 Å². The van der Waals surface area contributed by atoms with E-state index in [4.69, 9.17) is 0 Å². The molecule has 0 saturated carbocycles. The van der Waals surface area contributed by atoms with Gasteiger partial charge < -0.3 is 0 Å². The number of aryl methyl sites for hydroxylation is 2. The van der Waals surface area contributed by atoms with Crippen molar-refractivity contribution < 1.29 is 9.85 Å². The number of non-ortho nitro benzene ring substituents is 1. The van der Waals surface area contributed by atoms with Gasteiger partial charge in [-0.15, -0.1) is 0 Å². The van der Waals surface area contributed by atoms with Gasteiger partial charge in [0.1, 0.15) is 5.69 Å². The number of hydrogen-bond acceptors (Lipinski definition) is 8. The molecular weight excluding hydrogens is 310 g/mol. The molecule has 0 amide bonds. The van der Waals surface area contributed by atoms with Gasteiger partial charge in [-0.25, -0.2) is 0 Å². The van der Waals surface area contributed by atoms with Crippen LogP contribution in [0.4, 0.5) is 17.1 Å². The zero-order chi connectivity index (χ0) is 16.3. The predicted molar refractivity (Wildman–Crippen MR) is 82.6 cm³/mol. The predicted octanol–water partition coefficient (Wildman–Crippen LogP) is 3.02. The summed E-state index contributed by atoms with van der Waals surface area (Å²) >= 11 is 1.34. The van der Waals surface area contributed by atoms with Crippen molar-refractivity contribution in [1.29, 1.82) is 0 Å². The van der Waals surface area contributed by atoms with Crippen molar-refractivity contribution in [2.24, 2.45) is 5.10 Å². The molecule has 0 aliphatic heterocycles. The van der Waals surface area contributed by atoms with Gasteiger partial charge in [0, 0.05) is 16.5 Å². The van der Waals surface area contributed by atoms with Gasteiger partial charge >= 0.3 is 5.69 Å². The Morgan fingerprint density at radius 2 is 2.00 bits per heavy atom. The van der Waals surface area contributed by atoms with Crippen LogP contribution in [0.25, 0.3) is 0 Å². The molecule has 0 unspecified atom stereocenters. The summed E-state index contributed by atoms with van der Waals surface area (Å²) in [5, 5.41) is 25.6. The van der Waals surface area contributed by atoms with Crippen molar-refractivity contribution in [1.82, 2.24) is 4.37 Å². The molecule has 0 atom stereocenters. The molecule has 0 fully saturated rings. The van der Waals surface area contributed by atoms with Gasteiger partial charge in [0.2, 0.25) is 0 Å². The Morgan fingerprint density at radius 1 is 1.27 bits per heavy atom. The Bertz CT molecular complexity index is 751. The van der Waals surface area contributed by atoms with Crippen LogP contribution in [0, 0.1) is 34.1 Å². The first-order chi connectivity index (χ1) is 10.4. The van der Waals surface area contributed by atoms with Gasteiger partial charge in [-0.3, -0.25) is 25.7 Å². The van der Waals surface area contributed by atoms with Crippen molar-refractivity contribution in [2.75, 3.05) is 5.43 Å². The first-order valence-electron chi connectivity index (χ1n) is 6.05. The molecule has 0 aliphatic rings. The number of hydrogen-bond donors (Lipinski definition) is 1. The van der Waals surface area contributed by atoms with E-state index in [1.807, 2.05) is 13.8 Å². The highest BCUT2D eigenvalue weighted by Gasteiger charge is 2.19. The van der Waals surface area contributed by atoms with Crippen molar-refractivity contribution in [3.63, 3.8) is 0 Å². The zero-order valence-electron chi connectivity index (χ0n) is 11.6. The van der Waals surface area contributed by atoms with E-state index < -0.39 is 15.5 Å². The van der Waals surface area contributed by atoms with Crippen molar-refractivity contribution >= 4 is 34.8 Å². The molecule has 1 heterocycles. The quantitative estimate of drug-likeness (QED) is 0.513. The molecule has 2 rings (SSSR count). The second-order valence-electron chi connectivity index (χ2n) is 4.32. The van der Waals surface area contributed by atoms with Crippen LogP contribution in [0.3, 0.4) is 0 Å². The fourth-order valence-corrected chi connectivity index (χ4v) is 2.39. The number of nitro groups is 2. The number of hydrazone groups is 1. The lowest BCUT2D eigenvalue weighted by Gasteiger charge is -2.01. The Morgan fingerprint density at radius 3 is 2.55 bits per heavy atom. The smallest absolute Gasteiger partial charge is 0.272 e. The van der Waals surface area contributed by atoms with Crippen LogP contribution in [-0.2, 0) is 0 Å². The number of nitrogens with zero attached hydrogens (tertiary/aromatic N) is 4. The number of nitrogens with one attached hydrogen (secondary N) is 1. The van der Waals surface area contributed by atoms with Gasteiger partial charge in [-0.2, -0.15) is 9.47 Å². The molecule has 0 spiro atoms. The third-order valence-corrected chi connectivity index (χ3v) is 3.71. The second kappa shape index (κ2) is 6.26. The van der Waals surface area contributed by atoms with E-state index in [-0.39, 0.29) is 11.4 Å². The molecule has 0 bridgehead atoms. The summed E-state index contributed by atoms with van der Waals surface area (Å²) in [5.74, 6) is 0. The van der Waals surface area contributed by atoms with E-state index in [9.17, 15) is 20.2 Å². The van der Waals surface area contributed by atoms with Gasteiger partial charge in [-0.1, -0.05) is 0 Å². The fraction of sp³-hybridized carbons (Fsp3) is 0.167. The van der Waals surface area contributed by atoms with Crippen LogP contribution in [-0.4, -0.2) is 20.4 Å². The van der Waals surface area contributed by atoms with Crippen LogP contribution in [0.15, 0.2) is 23.3 Å². The Balaban J connectivity index is 2.26. The summed E-state index contributed by atoms with van der Waals surface area (Å²) in [5.41, 5.74) is 3.49. The number of aromatic nitrogens is 1. The zero-order valence-corrected chi connectivity index (χ0v) is 12.5. The van der Waals surface area contributed by atoms with E-state index in [0.717, 1.165) is 22.2 Å². The highest BCUT2D eigenvalue weighted by molar-refractivity contribution is 7.06. The van der Waals surface area contributed by atoms with Crippen molar-refractivity contribution in [3.8, 4) is 0 Å². The molecular formula is C12H11N5O4S. The lowest BCUT2D eigenvalue weighted by molar-refractivity contribution is -0.393. The van der Waals surface area contributed by atoms with Gasteiger partial charge in [0.15, 0.2) is 0 Å². The average Bonchev–Trinajstić information content (AvgIpc) is 2.78. The molecule has 0 aliphatic carbocycles. The molecule has 1 aromatic carbocycles. The number of anilines is 1. The molecule has 1 N–H and O–H groups in total. The Kier molecular flexibility index (Phi) is 4.41. The first-order valence-corrected chi connectivity index (χ1v) is 6.82. The van der Waals surface area contributed by atoms with E-state index in [2.05, 4.69) is 14.9 Å². The first kappa shape index (κ1) is 15.5. The van der Waals surface area contributed by atoms with Crippen LogP contribution in [0.2, 0.25) is 0 Å². The summed E-state index contributed by atoms with van der Waals surface area (Å²) in [6, 6.07) is 3.31. The molecule has 2 aromatic rings. The number of benzene rings is 1. The lowest BCUT2D eigenvalue weighted by Crippen LogP contribution is -1.99. The summed E-state index contributed by atoms with van der Waals surface area (Å²) in [6.07, 6.45) is 1.51. The molecule has 0 radical (unpaired) electrons. The summed E-state index contributed by atoms with van der Waals surface area (Å²) < 4.78 is 4.16. The standard InChI is InChI=1S/C12H11N5O4S/c1-7-10(8(2)22-15-7)6-13-14-11-4-3-9(16(18)19)5-12(11)17(20)21/h3-6,14H,1-2H3/b13-6+. The van der Waals surface area contributed by atoms with Gasteiger partial charge in [0.05, 0.1) is 27.8 Å². The monoisotopic (exact) mass is 321 g/mol. The number of rotatable bonds is 5. The average molecular weight is 321 g/mol. The molecule has 114 valence electrons. The molecule has 22 heavy (non-hydrogen) atoms. The normalized spacial score (nSPS) is 10.8. The van der Waals surface area contributed by atoms with Gasteiger partial charge in [-0.05, 0) is 31.4 Å². The van der Waals surface area contributed by atoms with Crippen molar-refractivity contribution in [2.45, 2.75) is 13.8 Å². The summed E-state index contributed by atoms with van der Waals surface area (Å²) in [6.45, 7) is 3.72. The van der Waals surface area contributed by atoms with E-state index in [1.165, 1.54) is 29.9 Å². The van der Waals surface area contributed by atoms with Crippen LogP contribution >= 0.6 is 11.5 Å². The molecule has 9 nitrogen and oxygen atoms in total. The van der Waals surface area contributed by atoms with E-state index >= 15 is 0 Å². The van der Waals surface area contributed by atoms with Gasteiger partial charge in [0.25, 0.3) is 5.69 Å². The fourth-order valence-electron chi connectivity index (χ4n) is 1.72. The maximum absolute atomic E-state index is 11.0. The maximum atomic E-state index is 11.0. The maximum Gasteiger partial charge on any atom is 0.301 e. The Hall–Kier alpha value is -2.88. The topological polar surface area (TPSA) is 124 Å².